The molecule has 1 aliphatic rings. The Morgan fingerprint density at radius 3 is 2.81 bits per heavy atom. The predicted octanol–water partition coefficient (Wildman–Crippen LogP) is 3.18. The molecule has 0 saturated heterocycles. The summed E-state index contributed by atoms with van der Waals surface area (Å²) in [4.78, 5) is 26.9. The number of fused-ring (bicyclic) bond motifs is 1. The number of benzene rings is 1. The number of hydrogen-bond acceptors (Lipinski definition) is 3. The Balaban J connectivity index is 1.54. The quantitative estimate of drug-likeness (QED) is 0.659. The van der Waals surface area contributed by atoms with Crippen LogP contribution < -0.4 is 16.0 Å². The lowest BCUT2D eigenvalue weighted by atomic mass is 9.88. The van der Waals surface area contributed by atoms with Gasteiger partial charge in [-0.3, -0.25) is 4.98 Å². The van der Waals surface area contributed by atoms with Gasteiger partial charge in [-0.2, -0.15) is 0 Å². The van der Waals surface area contributed by atoms with Gasteiger partial charge in [0.25, 0.3) is 0 Å². The molecular formula is C18H19ClN4O3. The summed E-state index contributed by atoms with van der Waals surface area (Å²) in [5.41, 5.74) is 3.65. The van der Waals surface area contributed by atoms with Crippen LogP contribution in [0.15, 0.2) is 36.5 Å². The van der Waals surface area contributed by atoms with E-state index in [9.17, 15) is 9.59 Å². The van der Waals surface area contributed by atoms with E-state index in [2.05, 4.69) is 20.9 Å². The molecule has 0 bridgehead atoms. The Hall–Kier alpha value is -2.80. The van der Waals surface area contributed by atoms with E-state index in [-0.39, 0.29) is 12.1 Å². The zero-order chi connectivity index (χ0) is 18.5. The number of anilines is 1. The van der Waals surface area contributed by atoms with Gasteiger partial charge in [-0.25, -0.2) is 9.59 Å². The average molecular weight is 375 g/mol. The van der Waals surface area contributed by atoms with Crippen LogP contribution in [0.25, 0.3) is 0 Å². The smallest absolute Gasteiger partial charge is 0.404 e. The molecule has 1 heterocycles. The number of aromatic nitrogens is 1. The first kappa shape index (κ1) is 18.0. The van der Waals surface area contributed by atoms with Crippen molar-refractivity contribution in [2.45, 2.75) is 31.8 Å². The number of urea groups is 1. The molecule has 8 heteroatoms. The molecule has 26 heavy (non-hydrogen) atoms. The van der Waals surface area contributed by atoms with E-state index in [0.717, 1.165) is 24.0 Å². The van der Waals surface area contributed by atoms with Gasteiger partial charge >= 0.3 is 12.1 Å². The zero-order valence-electron chi connectivity index (χ0n) is 14.0. The third kappa shape index (κ3) is 4.86. The number of pyridine rings is 1. The first-order valence-electron chi connectivity index (χ1n) is 8.26. The van der Waals surface area contributed by atoms with Crippen LogP contribution in [0.2, 0.25) is 5.02 Å². The van der Waals surface area contributed by atoms with E-state index in [4.69, 9.17) is 16.7 Å². The van der Waals surface area contributed by atoms with Crippen LogP contribution in [0, 0.1) is 0 Å². The molecule has 0 saturated carbocycles. The molecule has 0 spiro atoms. The fourth-order valence-electron chi connectivity index (χ4n) is 2.99. The molecule has 7 nitrogen and oxygen atoms in total. The number of amides is 3. The summed E-state index contributed by atoms with van der Waals surface area (Å²) in [7, 11) is 0. The minimum Gasteiger partial charge on any atom is -0.465 e. The number of nitrogens with one attached hydrogen (secondary N) is 3. The first-order valence-corrected chi connectivity index (χ1v) is 8.64. The lowest BCUT2D eigenvalue weighted by Gasteiger charge is -2.25. The van der Waals surface area contributed by atoms with Crippen LogP contribution in [-0.4, -0.2) is 28.3 Å². The predicted molar refractivity (Wildman–Crippen MR) is 98.5 cm³/mol. The molecule has 0 aliphatic heterocycles. The van der Waals surface area contributed by atoms with Gasteiger partial charge in [-0.1, -0.05) is 17.7 Å². The van der Waals surface area contributed by atoms with Crippen LogP contribution in [-0.2, 0) is 19.4 Å². The van der Waals surface area contributed by atoms with Crippen molar-refractivity contribution in [1.29, 1.82) is 0 Å². The zero-order valence-corrected chi connectivity index (χ0v) is 14.7. The lowest BCUT2D eigenvalue weighted by molar-refractivity contribution is 0.188. The average Bonchev–Trinajstić information content (AvgIpc) is 2.61. The summed E-state index contributed by atoms with van der Waals surface area (Å²) in [6.45, 7) is 0.302. The lowest BCUT2D eigenvalue weighted by Crippen LogP contribution is -2.37. The van der Waals surface area contributed by atoms with Gasteiger partial charge in [0.1, 0.15) is 0 Å². The Kier molecular flexibility index (Phi) is 5.58. The van der Waals surface area contributed by atoms with Crippen molar-refractivity contribution in [2.24, 2.45) is 0 Å². The van der Waals surface area contributed by atoms with Gasteiger partial charge in [0.15, 0.2) is 0 Å². The monoisotopic (exact) mass is 374 g/mol. The number of carbonyl (C=O) groups excluding carboxylic acids is 1. The summed E-state index contributed by atoms with van der Waals surface area (Å²) >= 11 is 5.78. The van der Waals surface area contributed by atoms with Gasteiger partial charge < -0.3 is 21.1 Å². The Labute approximate surface area is 155 Å². The Morgan fingerprint density at radius 1 is 1.23 bits per heavy atom. The number of aryl methyl sites for hydroxylation is 1. The number of carbonyl (C=O) groups is 2. The van der Waals surface area contributed by atoms with Crippen LogP contribution in [0.1, 0.15) is 23.2 Å². The van der Waals surface area contributed by atoms with Crippen molar-refractivity contribution in [1.82, 2.24) is 15.6 Å². The van der Waals surface area contributed by atoms with E-state index in [1.165, 1.54) is 6.20 Å². The Bertz CT molecular complexity index is 811. The largest absolute Gasteiger partial charge is 0.465 e. The maximum atomic E-state index is 12.0. The number of halogens is 1. The van der Waals surface area contributed by atoms with Crippen molar-refractivity contribution in [3.8, 4) is 0 Å². The highest BCUT2D eigenvalue weighted by molar-refractivity contribution is 6.30. The van der Waals surface area contributed by atoms with Crippen molar-refractivity contribution in [3.63, 3.8) is 0 Å². The normalized spacial score (nSPS) is 15.7. The minimum absolute atomic E-state index is 0.0611. The molecule has 1 aromatic heterocycles. The van der Waals surface area contributed by atoms with Crippen LogP contribution in [0.4, 0.5) is 15.3 Å². The van der Waals surface area contributed by atoms with Crippen molar-refractivity contribution < 1.29 is 14.7 Å². The standard InChI is InChI=1S/C18H19ClN4O3/c19-13-3-6-16(20-9-13)10-21-17(24)22-14-4-1-12-8-15(23-18(25)26)5-2-11(12)7-14/h1,3-4,6-7,9,15,23H,2,5,8,10H2,(H,25,26)(H2,21,22,24)/t15-/m0/s1. The highest BCUT2D eigenvalue weighted by atomic mass is 35.5. The summed E-state index contributed by atoms with van der Waals surface area (Å²) < 4.78 is 0. The van der Waals surface area contributed by atoms with Gasteiger partial charge in [-0.15, -0.1) is 0 Å². The summed E-state index contributed by atoms with van der Waals surface area (Å²) in [5, 5.41) is 17.5. The summed E-state index contributed by atoms with van der Waals surface area (Å²) in [6, 6.07) is 8.79. The summed E-state index contributed by atoms with van der Waals surface area (Å²) in [6.07, 6.45) is 2.72. The van der Waals surface area contributed by atoms with Crippen LogP contribution in [0.3, 0.4) is 0 Å². The van der Waals surface area contributed by atoms with Gasteiger partial charge in [0.05, 0.1) is 17.3 Å². The van der Waals surface area contributed by atoms with Gasteiger partial charge in [0.2, 0.25) is 0 Å². The number of rotatable bonds is 4. The van der Waals surface area contributed by atoms with Crippen molar-refractivity contribution in [2.75, 3.05) is 5.32 Å². The molecule has 0 radical (unpaired) electrons. The Morgan fingerprint density at radius 2 is 2.08 bits per heavy atom. The van der Waals surface area contributed by atoms with E-state index >= 15 is 0 Å². The number of nitrogens with zero attached hydrogens (tertiary/aromatic N) is 1. The van der Waals surface area contributed by atoms with E-state index in [0.29, 0.717) is 29.4 Å². The van der Waals surface area contributed by atoms with E-state index in [1.54, 1.807) is 12.1 Å². The number of hydrogen-bond donors (Lipinski definition) is 4. The maximum Gasteiger partial charge on any atom is 0.404 e. The minimum atomic E-state index is -0.997. The molecule has 4 N–H and O–H groups in total. The van der Waals surface area contributed by atoms with E-state index < -0.39 is 6.09 Å². The SMILES string of the molecule is O=C(O)N[C@H]1CCc2cc(NC(=O)NCc3ccc(Cl)cn3)ccc2C1. The second kappa shape index (κ2) is 8.05. The van der Waals surface area contributed by atoms with E-state index in [1.807, 2.05) is 18.2 Å². The van der Waals surface area contributed by atoms with Crippen LogP contribution >= 0.6 is 11.6 Å². The topological polar surface area (TPSA) is 103 Å². The van der Waals surface area contributed by atoms with Crippen molar-refractivity contribution >= 4 is 29.4 Å². The second-order valence-electron chi connectivity index (χ2n) is 6.15. The number of carboxylic acid groups (broad SMARTS) is 1. The molecule has 3 amide bonds. The molecule has 1 aliphatic carbocycles. The molecule has 2 aromatic rings. The molecule has 1 aromatic carbocycles. The highest BCUT2D eigenvalue weighted by Crippen LogP contribution is 2.24. The highest BCUT2D eigenvalue weighted by Gasteiger charge is 2.20. The third-order valence-electron chi connectivity index (χ3n) is 4.24. The fourth-order valence-corrected chi connectivity index (χ4v) is 3.10. The first-order chi connectivity index (χ1) is 12.5. The fraction of sp³-hybridized carbons (Fsp3) is 0.278. The third-order valence-corrected chi connectivity index (χ3v) is 4.46. The molecule has 0 unspecified atom stereocenters. The second-order valence-corrected chi connectivity index (χ2v) is 6.58. The molecular weight excluding hydrogens is 356 g/mol. The molecule has 0 fully saturated rings. The van der Waals surface area contributed by atoms with Crippen LogP contribution in [0.5, 0.6) is 0 Å². The van der Waals surface area contributed by atoms with Crippen molar-refractivity contribution in [3.05, 3.63) is 58.4 Å². The summed E-state index contributed by atoms with van der Waals surface area (Å²) in [5.74, 6) is 0. The molecule has 1 atom stereocenters. The maximum absolute atomic E-state index is 12.0. The van der Waals surface area contributed by atoms with Gasteiger partial charge in [0, 0.05) is 17.9 Å². The van der Waals surface area contributed by atoms with Gasteiger partial charge in [-0.05, 0) is 54.7 Å². The molecule has 136 valence electrons. The molecule has 3 rings (SSSR count).